The van der Waals surface area contributed by atoms with Crippen molar-refractivity contribution in [2.75, 3.05) is 33.1 Å². The Bertz CT molecular complexity index is 1120. The van der Waals surface area contributed by atoms with Crippen LogP contribution in [0.4, 0.5) is 9.18 Å². The third-order valence-electron chi connectivity index (χ3n) is 7.53. The highest BCUT2D eigenvalue weighted by Gasteiger charge is 2.54. The van der Waals surface area contributed by atoms with Gasteiger partial charge in [-0.1, -0.05) is 0 Å². The number of hydrogen-bond acceptors (Lipinski definition) is 7. The highest BCUT2D eigenvalue weighted by molar-refractivity contribution is 7.91. The number of hydrogen-bond donors (Lipinski definition) is 1. The van der Waals surface area contributed by atoms with Gasteiger partial charge >= 0.3 is 6.09 Å². The average Bonchev–Trinajstić information content (AvgIpc) is 2.87. The van der Waals surface area contributed by atoms with Crippen LogP contribution < -0.4 is 10.1 Å². The summed E-state index contributed by atoms with van der Waals surface area (Å²) in [6.45, 7) is 4.97. The van der Waals surface area contributed by atoms with E-state index in [1.54, 1.807) is 27.8 Å². The number of carbonyl (C=O) groups is 2. The van der Waals surface area contributed by atoms with Crippen LogP contribution >= 0.6 is 0 Å². The number of halogens is 1. The summed E-state index contributed by atoms with van der Waals surface area (Å²) in [5, 5.41) is 3.75. The van der Waals surface area contributed by atoms with E-state index in [0.29, 0.717) is 50.6 Å². The van der Waals surface area contributed by atoms with Crippen LogP contribution in [-0.4, -0.2) is 64.1 Å². The van der Waals surface area contributed by atoms with Gasteiger partial charge in [-0.15, -0.1) is 0 Å². The van der Waals surface area contributed by atoms with Crippen molar-refractivity contribution in [3.05, 3.63) is 36.2 Å². The molecule has 1 aromatic rings. The summed E-state index contributed by atoms with van der Waals surface area (Å²) < 4.78 is 50.5. The summed E-state index contributed by atoms with van der Waals surface area (Å²) in [5.41, 5.74) is -1.26. The van der Waals surface area contributed by atoms with Crippen LogP contribution in [0.2, 0.25) is 0 Å². The van der Waals surface area contributed by atoms with E-state index >= 15 is 0 Å². The van der Waals surface area contributed by atoms with Crippen molar-refractivity contribution in [3.63, 3.8) is 0 Å². The molecule has 0 aromatic heterocycles. The van der Waals surface area contributed by atoms with E-state index in [-0.39, 0.29) is 40.7 Å². The number of benzene rings is 1. The van der Waals surface area contributed by atoms with Gasteiger partial charge in [0.05, 0.1) is 29.5 Å². The number of alkyl carbamates (subject to hydrolysis) is 1. The molecule has 0 heterocycles. The van der Waals surface area contributed by atoms with Crippen molar-refractivity contribution in [3.8, 4) is 5.75 Å². The lowest BCUT2D eigenvalue weighted by Gasteiger charge is -2.52. The van der Waals surface area contributed by atoms with E-state index in [4.69, 9.17) is 14.3 Å². The topological polar surface area (TPSA) is 111 Å². The van der Waals surface area contributed by atoms with Crippen molar-refractivity contribution in [2.24, 2.45) is 10.8 Å². The van der Waals surface area contributed by atoms with Crippen molar-refractivity contribution in [1.82, 2.24) is 10.4 Å². The fraction of sp³-hybridized carbons (Fsp3) is 0.630. The summed E-state index contributed by atoms with van der Waals surface area (Å²) in [4.78, 5) is 29.8. The molecule has 0 saturated heterocycles. The zero-order chi connectivity index (χ0) is 28.2. The van der Waals surface area contributed by atoms with Gasteiger partial charge in [0.1, 0.15) is 18.0 Å². The molecule has 0 spiro atoms. The van der Waals surface area contributed by atoms with Crippen molar-refractivity contribution in [2.45, 2.75) is 69.8 Å². The van der Waals surface area contributed by atoms with Crippen LogP contribution in [0.15, 0.2) is 41.1 Å². The van der Waals surface area contributed by atoms with Gasteiger partial charge in [0, 0.05) is 19.2 Å². The second-order valence-electron chi connectivity index (χ2n) is 11.4. The monoisotopic (exact) mass is 554 g/mol. The van der Waals surface area contributed by atoms with E-state index in [2.05, 4.69) is 5.32 Å². The fourth-order valence-electron chi connectivity index (χ4n) is 5.24. The predicted octanol–water partition coefficient (Wildman–Crippen LogP) is 4.58. The first kappa shape index (κ1) is 29.9. The molecule has 3 aliphatic carbocycles. The minimum atomic E-state index is -3.56. The Labute approximate surface area is 224 Å². The molecule has 1 N–H and O–H groups in total. The third kappa shape index (κ3) is 7.25. The summed E-state index contributed by atoms with van der Waals surface area (Å²) in [5.74, 6) is 0.383. The molecule has 1 aromatic carbocycles. The maximum Gasteiger partial charge on any atom is 0.407 e. The molecule has 11 heteroatoms. The maximum atomic E-state index is 13.3. The number of sulfone groups is 1. The maximum absolute atomic E-state index is 13.3. The Hall–Kier alpha value is -2.66. The predicted molar refractivity (Wildman–Crippen MR) is 140 cm³/mol. The van der Waals surface area contributed by atoms with Gasteiger partial charge in [-0.05, 0) is 89.0 Å². The minimum Gasteiger partial charge on any atom is -0.489 e. The largest absolute Gasteiger partial charge is 0.489 e. The summed E-state index contributed by atoms with van der Waals surface area (Å²) in [7, 11) is -0.483. The number of fused-ring (bicyclic) bond motifs is 3. The lowest BCUT2D eigenvalue weighted by molar-refractivity contribution is -0.188. The quantitative estimate of drug-likeness (QED) is 0.422. The molecule has 0 aliphatic heterocycles. The molecular formula is C27H39FN2O7S. The standard InChI is InChI=1S/C27H39FN2O7S/c1-25(2,3)37-24(32)29-17-20(16-28)18-36-21-6-8-22(9-7-21)38(33,34)19-26-10-13-27(14-11-26,15-12-26)23(31)30(4)35-5/h6-9,16H,10-15,17-19H2,1-5H3,(H,29,32)/b20-16+. The van der Waals surface area contributed by atoms with Gasteiger partial charge in [0.25, 0.3) is 5.91 Å². The lowest BCUT2D eigenvalue weighted by Crippen LogP contribution is -2.52. The molecule has 4 rings (SSSR count). The van der Waals surface area contributed by atoms with E-state index in [0.717, 1.165) is 0 Å². The fourth-order valence-corrected chi connectivity index (χ4v) is 7.20. The molecular weight excluding hydrogens is 515 g/mol. The van der Waals surface area contributed by atoms with E-state index in [1.807, 2.05) is 0 Å². The first-order chi connectivity index (χ1) is 17.7. The molecule has 3 aliphatic rings. The SMILES string of the molecule is CON(C)C(=O)C12CCC(CS(=O)(=O)c3ccc(OC/C(=C/F)CNC(=O)OC(C)(C)C)cc3)(CC1)CC2. The van der Waals surface area contributed by atoms with Crippen molar-refractivity contribution >= 4 is 21.8 Å². The van der Waals surface area contributed by atoms with E-state index in [1.165, 1.54) is 36.4 Å². The normalized spacial score (nSPS) is 23.6. The zero-order valence-corrected chi connectivity index (χ0v) is 23.7. The van der Waals surface area contributed by atoms with Crippen LogP contribution in [-0.2, 0) is 24.2 Å². The Morgan fingerprint density at radius 1 is 1.08 bits per heavy atom. The van der Waals surface area contributed by atoms with Crippen LogP contribution in [0.3, 0.4) is 0 Å². The Morgan fingerprint density at radius 2 is 1.66 bits per heavy atom. The lowest BCUT2D eigenvalue weighted by atomic mass is 9.54. The molecule has 2 amide bonds. The number of rotatable bonds is 10. The Kier molecular flexibility index (Phi) is 9.13. The van der Waals surface area contributed by atoms with E-state index < -0.39 is 26.9 Å². The van der Waals surface area contributed by atoms with Gasteiger partial charge in [0.2, 0.25) is 0 Å². The smallest absolute Gasteiger partial charge is 0.407 e. The summed E-state index contributed by atoms with van der Waals surface area (Å²) in [6, 6.07) is 6.06. The molecule has 0 radical (unpaired) electrons. The molecule has 0 unspecified atom stereocenters. The minimum absolute atomic E-state index is 0.0295. The van der Waals surface area contributed by atoms with Crippen LogP contribution in [0.25, 0.3) is 0 Å². The van der Waals surface area contributed by atoms with Gasteiger partial charge < -0.3 is 14.8 Å². The highest BCUT2D eigenvalue weighted by Crippen LogP contribution is 2.58. The number of amides is 2. The molecule has 3 fully saturated rings. The van der Waals surface area contributed by atoms with Crippen LogP contribution in [0.1, 0.15) is 59.3 Å². The number of ether oxygens (including phenoxy) is 2. The number of nitrogens with zero attached hydrogens (tertiary/aromatic N) is 1. The van der Waals surface area contributed by atoms with Crippen LogP contribution in [0, 0.1) is 10.8 Å². The number of nitrogens with one attached hydrogen (secondary N) is 1. The zero-order valence-electron chi connectivity index (χ0n) is 22.8. The Balaban J connectivity index is 1.54. The van der Waals surface area contributed by atoms with Gasteiger partial charge in [0.15, 0.2) is 9.84 Å². The molecule has 212 valence electrons. The average molecular weight is 555 g/mol. The van der Waals surface area contributed by atoms with Gasteiger partial charge in [-0.2, -0.15) is 0 Å². The second kappa shape index (κ2) is 11.6. The first-order valence-corrected chi connectivity index (χ1v) is 14.4. The Morgan fingerprint density at radius 3 is 2.16 bits per heavy atom. The third-order valence-corrected chi connectivity index (χ3v) is 9.51. The summed E-state index contributed by atoms with van der Waals surface area (Å²) in [6.07, 6.45) is 3.74. The van der Waals surface area contributed by atoms with Crippen molar-refractivity contribution in [1.29, 1.82) is 0 Å². The van der Waals surface area contributed by atoms with Gasteiger partial charge in [-0.3, -0.25) is 9.63 Å². The molecule has 9 nitrogen and oxygen atoms in total. The van der Waals surface area contributed by atoms with Crippen molar-refractivity contribution < 1.29 is 36.7 Å². The van der Waals surface area contributed by atoms with Gasteiger partial charge in [-0.25, -0.2) is 22.7 Å². The van der Waals surface area contributed by atoms with Crippen LogP contribution in [0.5, 0.6) is 5.75 Å². The molecule has 38 heavy (non-hydrogen) atoms. The number of hydroxylamine groups is 2. The molecule has 3 saturated carbocycles. The molecule has 0 atom stereocenters. The van der Waals surface area contributed by atoms with E-state index in [9.17, 15) is 22.4 Å². The second-order valence-corrected chi connectivity index (χ2v) is 13.4. The molecule has 2 bridgehead atoms. The number of carbonyl (C=O) groups excluding carboxylic acids is 2. The first-order valence-electron chi connectivity index (χ1n) is 12.8. The summed E-state index contributed by atoms with van der Waals surface area (Å²) >= 11 is 0. The highest BCUT2D eigenvalue weighted by atomic mass is 32.2.